The third kappa shape index (κ3) is 2.14. The Bertz CT molecular complexity index is 439. The number of benzene rings is 1. The first-order chi connectivity index (χ1) is 6.74. The van der Waals surface area contributed by atoms with Crippen LogP contribution < -0.4 is 4.74 Å². The van der Waals surface area contributed by atoms with Crippen LogP contribution in [-0.4, -0.2) is 9.97 Å². The van der Waals surface area contributed by atoms with Gasteiger partial charge in [0.1, 0.15) is 10.4 Å². The summed E-state index contributed by atoms with van der Waals surface area (Å²) >= 11 is 3.26. The molecule has 1 aromatic carbocycles. The van der Waals surface area contributed by atoms with Gasteiger partial charge in [0.05, 0.1) is 6.20 Å². The van der Waals surface area contributed by atoms with Gasteiger partial charge in [-0.2, -0.15) is 0 Å². The van der Waals surface area contributed by atoms with E-state index in [9.17, 15) is 0 Å². The molecule has 0 aliphatic heterocycles. The minimum atomic E-state index is 0.488. The monoisotopic (exact) mass is 252 g/mol. The summed E-state index contributed by atoms with van der Waals surface area (Å²) < 4.78 is 6.29. The van der Waals surface area contributed by atoms with E-state index in [2.05, 4.69) is 25.9 Å². The van der Waals surface area contributed by atoms with Crippen molar-refractivity contribution in [1.82, 2.24) is 9.97 Å². The maximum Gasteiger partial charge on any atom is 0.299 e. The molecular formula is C10H9BrN2O. The van der Waals surface area contributed by atoms with Crippen molar-refractivity contribution in [3.63, 3.8) is 0 Å². The number of halogens is 1. The molecular weight excluding hydrogens is 244 g/mol. The predicted octanol–water partition coefficient (Wildman–Crippen LogP) is 3.27. The Morgan fingerprint density at radius 1 is 1.43 bits per heavy atom. The number of aryl methyl sites for hydroxylation is 1. The molecule has 14 heavy (non-hydrogen) atoms. The van der Waals surface area contributed by atoms with Gasteiger partial charge in [-0.1, -0.05) is 12.1 Å². The maximum absolute atomic E-state index is 5.48. The Kier molecular flexibility index (Phi) is 2.54. The molecule has 0 radical (unpaired) electrons. The molecule has 0 amide bonds. The molecule has 1 N–H and O–H groups in total. The van der Waals surface area contributed by atoms with Crippen molar-refractivity contribution in [2.24, 2.45) is 0 Å². The van der Waals surface area contributed by atoms with E-state index in [0.717, 1.165) is 15.9 Å². The van der Waals surface area contributed by atoms with Crippen LogP contribution in [-0.2, 0) is 0 Å². The number of H-pyrrole nitrogens is 1. The van der Waals surface area contributed by atoms with Crippen LogP contribution in [0.25, 0.3) is 0 Å². The van der Waals surface area contributed by atoms with E-state index >= 15 is 0 Å². The summed E-state index contributed by atoms with van der Waals surface area (Å²) in [4.78, 5) is 6.94. The molecule has 0 aliphatic carbocycles. The van der Waals surface area contributed by atoms with Crippen molar-refractivity contribution in [1.29, 1.82) is 0 Å². The number of rotatable bonds is 2. The van der Waals surface area contributed by atoms with Gasteiger partial charge in [-0.3, -0.25) is 0 Å². The SMILES string of the molecule is Cc1cccc(Oc2ncc(Br)[nH]2)c1. The average molecular weight is 253 g/mol. The zero-order valence-corrected chi connectivity index (χ0v) is 9.21. The summed E-state index contributed by atoms with van der Waals surface area (Å²) in [6.45, 7) is 2.02. The Hall–Kier alpha value is -1.29. The van der Waals surface area contributed by atoms with Crippen LogP contribution in [0.2, 0.25) is 0 Å². The van der Waals surface area contributed by atoms with Crippen LogP contribution in [0.3, 0.4) is 0 Å². The van der Waals surface area contributed by atoms with Crippen LogP contribution in [0.15, 0.2) is 35.1 Å². The second-order valence-electron chi connectivity index (χ2n) is 2.95. The van der Waals surface area contributed by atoms with Crippen molar-refractivity contribution in [2.75, 3.05) is 0 Å². The van der Waals surface area contributed by atoms with Crippen molar-refractivity contribution >= 4 is 15.9 Å². The molecule has 0 atom stereocenters. The van der Waals surface area contributed by atoms with Gasteiger partial charge in [0.25, 0.3) is 6.01 Å². The summed E-state index contributed by atoms with van der Waals surface area (Å²) in [7, 11) is 0. The quantitative estimate of drug-likeness (QED) is 0.891. The average Bonchev–Trinajstić information content (AvgIpc) is 2.51. The third-order valence-corrected chi connectivity index (χ3v) is 2.13. The molecule has 0 bridgehead atoms. The number of hydrogen-bond donors (Lipinski definition) is 1. The predicted molar refractivity (Wildman–Crippen MR) is 57.5 cm³/mol. The van der Waals surface area contributed by atoms with Gasteiger partial charge < -0.3 is 9.72 Å². The van der Waals surface area contributed by atoms with Crippen LogP contribution in [0.1, 0.15) is 5.56 Å². The Balaban J connectivity index is 2.18. The fourth-order valence-corrected chi connectivity index (χ4v) is 1.40. The lowest BCUT2D eigenvalue weighted by Gasteiger charge is -2.01. The van der Waals surface area contributed by atoms with Crippen LogP contribution in [0.4, 0.5) is 0 Å². The lowest BCUT2D eigenvalue weighted by Crippen LogP contribution is -1.86. The molecule has 0 unspecified atom stereocenters. The summed E-state index contributed by atoms with van der Waals surface area (Å²) in [5.74, 6) is 0.784. The first kappa shape index (κ1) is 9.27. The minimum Gasteiger partial charge on any atom is -0.426 e. The summed E-state index contributed by atoms with van der Waals surface area (Å²) in [5.41, 5.74) is 1.16. The molecule has 0 fully saturated rings. The second-order valence-corrected chi connectivity index (χ2v) is 3.81. The zero-order valence-electron chi connectivity index (χ0n) is 7.62. The van der Waals surface area contributed by atoms with Crippen LogP contribution >= 0.6 is 15.9 Å². The number of hydrogen-bond acceptors (Lipinski definition) is 2. The van der Waals surface area contributed by atoms with Gasteiger partial charge in [0, 0.05) is 0 Å². The van der Waals surface area contributed by atoms with Gasteiger partial charge in [-0.25, -0.2) is 4.98 Å². The minimum absolute atomic E-state index is 0.488. The molecule has 0 aliphatic rings. The largest absolute Gasteiger partial charge is 0.426 e. The smallest absolute Gasteiger partial charge is 0.299 e. The zero-order chi connectivity index (χ0) is 9.97. The molecule has 1 heterocycles. The lowest BCUT2D eigenvalue weighted by atomic mass is 10.2. The second kappa shape index (κ2) is 3.84. The molecule has 0 spiro atoms. The van der Waals surface area contributed by atoms with Gasteiger partial charge in [-0.05, 0) is 40.5 Å². The molecule has 2 rings (SSSR count). The van der Waals surface area contributed by atoms with Gasteiger partial charge in [0.2, 0.25) is 0 Å². The van der Waals surface area contributed by atoms with Crippen molar-refractivity contribution in [2.45, 2.75) is 6.92 Å². The highest BCUT2D eigenvalue weighted by molar-refractivity contribution is 9.10. The summed E-state index contributed by atoms with van der Waals surface area (Å²) in [6, 6.07) is 8.30. The molecule has 1 aromatic heterocycles. The van der Waals surface area contributed by atoms with Crippen molar-refractivity contribution in [3.8, 4) is 11.8 Å². The highest BCUT2D eigenvalue weighted by Gasteiger charge is 2.00. The van der Waals surface area contributed by atoms with Crippen LogP contribution in [0.5, 0.6) is 11.8 Å². The normalized spacial score (nSPS) is 10.1. The van der Waals surface area contributed by atoms with E-state index < -0.39 is 0 Å². The van der Waals surface area contributed by atoms with E-state index in [1.807, 2.05) is 31.2 Å². The highest BCUT2D eigenvalue weighted by atomic mass is 79.9. The third-order valence-electron chi connectivity index (χ3n) is 1.73. The first-order valence-electron chi connectivity index (χ1n) is 4.19. The standard InChI is InChI=1S/C10H9BrN2O/c1-7-3-2-4-8(5-7)14-10-12-6-9(11)13-10/h2-6H,1H3,(H,12,13). The lowest BCUT2D eigenvalue weighted by molar-refractivity contribution is 0.447. The number of nitrogens with zero attached hydrogens (tertiary/aromatic N) is 1. The summed E-state index contributed by atoms with van der Waals surface area (Å²) in [6.07, 6.45) is 1.66. The fourth-order valence-electron chi connectivity index (χ4n) is 1.12. The van der Waals surface area contributed by atoms with Gasteiger partial charge in [-0.15, -0.1) is 0 Å². The molecule has 3 nitrogen and oxygen atoms in total. The number of imidazole rings is 1. The molecule has 72 valence electrons. The van der Waals surface area contributed by atoms with E-state index in [-0.39, 0.29) is 0 Å². The van der Waals surface area contributed by atoms with Gasteiger partial charge >= 0.3 is 0 Å². The molecule has 2 aromatic rings. The Morgan fingerprint density at radius 3 is 2.93 bits per heavy atom. The Labute approximate surface area is 90.3 Å². The summed E-state index contributed by atoms with van der Waals surface area (Å²) in [5, 5.41) is 0. The fraction of sp³-hybridized carbons (Fsp3) is 0.100. The maximum atomic E-state index is 5.48. The highest BCUT2D eigenvalue weighted by Crippen LogP contribution is 2.20. The van der Waals surface area contributed by atoms with Crippen molar-refractivity contribution in [3.05, 3.63) is 40.6 Å². The van der Waals surface area contributed by atoms with Gasteiger partial charge in [0.15, 0.2) is 0 Å². The molecule has 4 heteroatoms. The van der Waals surface area contributed by atoms with E-state index in [4.69, 9.17) is 4.74 Å². The number of ether oxygens (including phenoxy) is 1. The topological polar surface area (TPSA) is 37.9 Å². The Morgan fingerprint density at radius 2 is 2.29 bits per heavy atom. The van der Waals surface area contributed by atoms with Crippen LogP contribution in [0, 0.1) is 6.92 Å². The molecule has 0 saturated carbocycles. The van der Waals surface area contributed by atoms with E-state index in [1.54, 1.807) is 6.20 Å². The van der Waals surface area contributed by atoms with Crippen molar-refractivity contribution < 1.29 is 4.74 Å². The first-order valence-corrected chi connectivity index (χ1v) is 4.98. The number of aromatic amines is 1. The van der Waals surface area contributed by atoms with E-state index in [0.29, 0.717) is 6.01 Å². The number of nitrogens with one attached hydrogen (secondary N) is 1. The molecule has 0 saturated heterocycles. The van der Waals surface area contributed by atoms with E-state index in [1.165, 1.54) is 0 Å². The number of aromatic nitrogens is 2.